The van der Waals surface area contributed by atoms with Crippen molar-refractivity contribution in [1.82, 2.24) is 4.90 Å². The number of primary amides is 1. The zero-order valence-electron chi connectivity index (χ0n) is 10.7. The van der Waals surface area contributed by atoms with Crippen LogP contribution in [-0.2, 0) is 4.79 Å². The summed E-state index contributed by atoms with van der Waals surface area (Å²) in [6, 6.07) is 0.547. The van der Waals surface area contributed by atoms with E-state index in [0.717, 1.165) is 5.92 Å². The molecule has 0 bridgehead atoms. The molecule has 1 amide bonds. The van der Waals surface area contributed by atoms with E-state index in [1.54, 1.807) is 6.92 Å². The minimum Gasteiger partial charge on any atom is -0.368 e. The summed E-state index contributed by atoms with van der Waals surface area (Å²) in [5.74, 6) is 0.349. The predicted octanol–water partition coefficient (Wildman–Crippen LogP) is 0.700. The number of carbonyl (C=O) groups is 1. The van der Waals surface area contributed by atoms with Gasteiger partial charge in [-0.15, -0.1) is 0 Å². The van der Waals surface area contributed by atoms with Crippen LogP contribution in [-0.4, -0.2) is 36.0 Å². The maximum Gasteiger partial charge on any atom is 0.238 e. The van der Waals surface area contributed by atoms with Gasteiger partial charge in [0.1, 0.15) is 5.54 Å². The maximum absolute atomic E-state index is 11.2. The maximum atomic E-state index is 11.2. The summed E-state index contributed by atoms with van der Waals surface area (Å²) in [5, 5.41) is 0. The highest BCUT2D eigenvalue weighted by Gasteiger charge is 2.31. The van der Waals surface area contributed by atoms with Crippen LogP contribution in [0.1, 0.15) is 39.5 Å². The molecule has 0 aliphatic heterocycles. The Morgan fingerprint density at radius 2 is 2.12 bits per heavy atom. The van der Waals surface area contributed by atoms with Gasteiger partial charge in [-0.2, -0.15) is 0 Å². The number of hydrogen-bond donors (Lipinski definition) is 2. The first-order valence-corrected chi connectivity index (χ1v) is 6.12. The van der Waals surface area contributed by atoms with Crippen molar-refractivity contribution in [1.29, 1.82) is 0 Å². The summed E-state index contributed by atoms with van der Waals surface area (Å²) in [5.41, 5.74) is 10.2. The lowest BCUT2D eigenvalue weighted by Crippen LogP contribution is -2.57. The Bertz CT molecular complexity index is 253. The zero-order chi connectivity index (χ0) is 12.3. The van der Waals surface area contributed by atoms with Gasteiger partial charge in [0, 0.05) is 12.6 Å². The highest BCUT2D eigenvalue weighted by Crippen LogP contribution is 2.27. The van der Waals surface area contributed by atoms with Gasteiger partial charge in [-0.3, -0.25) is 4.79 Å². The molecule has 4 nitrogen and oxygen atoms in total. The van der Waals surface area contributed by atoms with E-state index in [-0.39, 0.29) is 0 Å². The third-order valence-electron chi connectivity index (χ3n) is 3.67. The summed E-state index contributed by atoms with van der Waals surface area (Å²) in [4.78, 5) is 13.4. The molecular formula is C12H25N3O. The minimum absolute atomic E-state index is 0.428. The fraction of sp³-hybridized carbons (Fsp3) is 0.917. The molecule has 0 radical (unpaired) electrons. The second-order valence-electron chi connectivity index (χ2n) is 5.62. The van der Waals surface area contributed by atoms with Crippen molar-refractivity contribution in [3.05, 3.63) is 0 Å². The monoisotopic (exact) mass is 227 g/mol. The molecule has 16 heavy (non-hydrogen) atoms. The normalized spacial score (nSPS) is 30.1. The number of nitrogens with two attached hydrogens (primary N) is 2. The van der Waals surface area contributed by atoms with Gasteiger partial charge in [-0.1, -0.05) is 19.8 Å². The average Bonchev–Trinajstić information content (AvgIpc) is 2.16. The summed E-state index contributed by atoms with van der Waals surface area (Å²) >= 11 is 0. The lowest BCUT2D eigenvalue weighted by molar-refractivity contribution is -0.123. The summed E-state index contributed by atoms with van der Waals surface area (Å²) in [7, 11) is 2.04. The number of hydrogen-bond acceptors (Lipinski definition) is 3. The SMILES string of the molecule is CC1CCCC(N(C)CC(C)(N)C(N)=O)C1. The summed E-state index contributed by atoms with van der Waals surface area (Å²) < 4.78 is 0. The Kier molecular flexibility index (Phi) is 4.33. The first-order chi connectivity index (χ1) is 7.33. The Balaban J connectivity index is 2.51. The van der Waals surface area contributed by atoms with Gasteiger partial charge in [-0.05, 0) is 32.7 Å². The number of likely N-dealkylation sites (N-methyl/N-ethyl adjacent to an activating group) is 1. The third kappa shape index (κ3) is 3.46. The van der Waals surface area contributed by atoms with Gasteiger partial charge in [0.25, 0.3) is 0 Å². The molecule has 1 fully saturated rings. The number of nitrogens with zero attached hydrogens (tertiary/aromatic N) is 1. The van der Waals surface area contributed by atoms with Gasteiger partial charge in [0.05, 0.1) is 0 Å². The van der Waals surface area contributed by atoms with Gasteiger partial charge < -0.3 is 16.4 Å². The van der Waals surface area contributed by atoms with Crippen molar-refractivity contribution in [2.45, 2.75) is 51.1 Å². The molecule has 0 heterocycles. The summed E-state index contributed by atoms with van der Waals surface area (Å²) in [6.45, 7) is 4.54. The van der Waals surface area contributed by atoms with Crippen molar-refractivity contribution in [2.24, 2.45) is 17.4 Å². The fourth-order valence-corrected chi connectivity index (χ4v) is 2.53. The molecule has 0 aromatic heterocycles. The van der Waals surface area contributed by atoms with Crippen molar-refractivity contribution < 1.29 is 4.79 Å². The zero-order valence-corrected chi connectivity index (χ0v) is 10.7. The average molecular weight is 227 g/mol. The van der Waals surface area contributed by atoms with Crippen molar-refractivity contribution in [3.63, 3.8) is 0 Å². The Labute approximate surface area is 98.3 Å². The largest absolute Gasteiger partial charge is 0.368 e. The van der Waals surface area contributed by atoms with Crippen molar-refractivity contribution in [3.8, 4) is 0 Å². The van der Waals surface area contributed by atoms with E-state index < -0.39 is 11.4 Å². The molecule has 1 rings (SSSR count). The van der Waals surface area contributed by atoms with Crippen LogP contribution in [0, 0.1) is 5.92 Å². The topological polar surface area (TPSA) is 72.3 Å². The first kappa shape index (κ1) is 13.5. The Hall–Kier alpha value is -0.610. The third-order valence-corrected chi connectivity index (χ3v) is 3.67. The van der Waals surface area contributed by atoms with Crippen LogP contribution in [0.4, 0.5) is 0 Å². The molecule has 0 saturated heterocycles. The molecule has 1 aliphatic rings. The molecule has 0 aromatic rings. The van der Waals surface area contributed by atoms with Crippen molar-refractivity contribution in [2.75, 3.05) is 13.6 Å². The van der Waals surface area contributed by atoms with E-state index in [4.69, 9.17) is 11.5 Å². The highest BCUT2D eigenvalue weighted by molar-refractivity contribution is 5.84. The number of rotatable bonds is 4. The van der Waals surface area contributed by atoms with E-state index >= 15 is 0 Å². The predicted molar refractivity (Wildman–Crippen MR) is 65.8 cm³/mol. The number of amides is 1. The molecule has 0 spiro atoms. The standard InChI is InChI=1S/C12H25N3O/c1-9-5-4-6-10(7-9)15(3)8-12(2,14)11(13)16/h9-10H,4-8,14H2,1-3H3,(H2,13,16). The van der Waals surface area contributed by atoms with Crippen LogP contribution in [0.15, 0.2) is 0 Å². The van der Waals surface area contributed by atoms with Crippen LogP contribution >= 0.6 is 0 Å². The Morgan fingerprint density at radius 1 is 1.50 bits per heavy atom. The fourth-order valence-electron chi connectivity index (χ4n) is 2.53. The molecule has 1 aliphatic carbocycles. The van der Waals surface area contributed by atoms with Crippen molar-refractivity contribution >= 4 is 5.91 Å². The smallest absolute Gasteiger partial charge is 0.238 e. The summed E-state index contributed by atoms with van der Waals surface area (Å²) in [6.07, 6.45) is 5.00. The second-order valence-corrected chi connectivity index (χ2v) is 5.62. The van der Waals surface area contributed by atoms with E-state index in [1.807, 2.05) is 7.05 Å². The van der Waals surface area contributed by atoms with Crippen LogP contribution in [0.3, 0.4) is 0 Å². The van der Waals surface area contributed by atoms with Gasteiger partial charge >= 0.3 is 0 Å². The van der Waals surface area contributed by atoms with E-state index in [0.29, 0.717) is 12.6 Å². The molecule has 3 unspecified atom stereocenters. The molecule has 1 saturated carbocycles. The van der Waals surface area contributed by atoms with Crippen LogP contribution < -0.4 is 11.5 Å². The van der Waals surface area contributed by atoms with Crippen LogP contribution in [0.25, 0.3) is 0 Å². The lowest BCUT2D eigenvalue weighted by Gasteiger charge is -2.37. The van der Waals surface area contributed by atoms with Crippen LogP contribution in [0.2, 0.25) is 0 Å². The Morgan fingerprint density at radius 3 is 2.62 bits per heavy atom. The first-order valence-electron chi connectivity index (χ1n) is 6.12. The van der Waals surface area contributed by atoms with Gasteiger partial charge in [-0.25, -0.2) is 0 Å². The minimum atomic E-state index is -0.921. The van der Waals surface area contributed by atoms with Crippen LogP contribution in [0.5, 0.6) is 0 Å². The van der Waals surface area contributed by atoms with Gasteiger partial charge in [0.15, 0.2) is 0 Å². The molecule has 4 N–H and O–H groups in total. The molecule has 4 heteroatoms. The highest BCUT2D eigenvalue weighted by atomic mass is 16.1. The van der Waals surface area contributed by atoms with Gasteiger partial charge in [0.2, 0.25) is 5.91 Å². The van der Waals surface area contributed by atoms with E-state index in [1.165, 1.54) is 25.7 Å². The van der Waals surface area contributed by atoms with E-state index in [9.17, 15) is 4.79 Å². The lowest BCUT2D eigenvalue weighted by atomic mass is 9.86. The second kappa shape index (κ2) is 5.15. The molecular weight excluding hydrogens is 202 g/mol. The molecule has 0 aromatic carbocycles. The van der Waals surface area contributed by atoms with E-state index in [2.05, 4.69) is 11.8 Å². The number of carbonyl (C=O) groups excluding carboxylic acids is 1. The molecule has 94 valence electrons. The quantitative estimate of drug-likeness (QED) is 0.742. The molecule has 3 atom stereocenters.